The standard InChI is InChI=1S/2C12H15N/c2*1-9(13)11-8-4-6-10-5-2-3-7-12(10)11/h3-4,6-9H,2,5,13H2,1H3;2,4-6,8-9H,3,7,13H2,1H3/t2*9-/m11/s1. The van der Waals surface area contributed by atoms with Crippen LogP contribution in [-0.2, 0) is 12.8 Å². The zero-order chi connectivity index (χ0) is 18.5. The van der Waals surface area contributed by atoms with Crippen LogP contribution in [0.2, 0.25) is 0 Å². The van der Waals surface area contributed by atoms with Gasteiger partial charge in [-0.2, -0.15) is 0 Å². The fourth-order valence-corrected chi connectivity index (χ4v) is 3.82. The topological polar surface area (TPSA) is 52.0 Å². The molecule has 2 aromatic carbocycles. The van der Waals surface area contributed by atoms with Gasteiger partial charge in [-0.15, -0.1) is 0 Å². The van der Waals surface area contributed by atoms with Crippen LogP contribution in [0.5, 0.6) is 0 Å². The van der Waals surface area contributed by atoms with Gasteiger partial charge in [0.2, 0.25) is 0 Å². The molecule has 0 saturated heterocycles. The van der Waals surface area contributed by atoms with Crippen LogP contribution in [0.4, 0.5) is 0 Å². The molecule has 0 radical (unpaired) electrons. The molecule has 4 N–H and O–H groups in total. The molecule has 136 valence electrons. The summed E-state index contributed by atoms with van der Waals surface area (Å²) in [6.07, 6.45) is 13.5. The zero-order valence-electron chi connectivity index (χ0n) is 15.9. The zero-order valence-corrected chi connectivity index (χ0v) is 15.9. The lowest BCUT2D eigenvalue weighted by Crippen LogP contribution is -2.10. The van der Waals surface area contributed by atoms with Crippen molar-refractivity contribution in [3.8, 4) is 0 Å². The highest BCUT2D eigenvalue weighted by atomic mass is 14.6. The molecule has 0 spiro atoms. The third-order valence-corrected chi connectivity index (χ3v) is 5.18. The van der Waals surface area contributed by atoms with E-state index < -0.39 is 0 Å². The quantitative estimate of drug-likeness (QED) is 0.772. The predicted octanol–water partition coefficient (Wildman–Crippen LogP) is 5.33. The molecule has 0 aromatic heterocycles. The Hall–Kier alpha value is -2.16. The molecular formula is C24H30N2. The number of nitrogens with two attached hydrogens (primary N) is 2. The molecule has 2 aromatic rings. The maximum absolute atomic E-state index is 5.91. The van der Waals surface area contributed by atoms with Crippen LogP contribution < -0.4 is 11.5 Å². The van der Waals surface area contributed by atoms with Crippen LogP contribution in [0.15, 0.2) is 48.6 Å². The van der Waals surface area contributed by atoms with Gasteiger partial charge in [-0.25, -0.2) is 0 Å². The van der Waals surface area contributed by atoms with Gasteiger partial charge in [0.05, 0.1) is 0 Å². The predicted molar refractivity (Wildman–Crippen MR) is 113 cm³/mol. The molecule has 0 amide bonds. The summed E-state index contributed by atoms with van der Waals surface area (Å²) in [7, 11) is 0. The number of rotatable bonds is 2. The number of hydrogen-bond donors (Lipinski definition) is 2. The Balaban J connectivity index is 0.000000151. The van der Waals surface area contributed by atoms with Gasteiger partial charge >= 0.3 is 0 Å². The Kier molecular flexibility index (Phi) is 6.08. The first-order chi connectivity index (χ1) is 12.6. The molecule has 4 rings (SSSR count). The van der Waals surface area contributed by atoms with Crippen LogP contribution in [0, 0.1) is 0 Å². The van der Waals surface area contributed by atoms with Gasteiger partial charge in [0.15, 0.2) is 0 Å². The third-order valence-electron chi connectivity index (χ3n) is 5.18. The van der Waals surface area contributed by atoms with E-state index in [0.717, 1.165) is 25.7 Å². The molecule has 2 atom stereocenters. The van der Waals surface area contributed by atoms with Crippen molar-refractivity contribution in [3.63, 3.8) is 0 Å². The average molecular weight is 347 g/mol. The van der Waals surface area contributed by atoms with Crippen molar-refractivity contribution >= 4 is 12.2 Å². The highest BCUT2D eigenvalue weighted by Gasteiger charge is 2.11. The molecule has 2 aliphatic carbocycles. The number of hydrogen-bond acceptors (Lipinski definition) is 2. The van der Waals surface area contributed by atoms with Crippen LogP contribution in [0.1, 0.15) is 72.2 Å². The second-order valence-corrected chi connectivity index (χ2v) is 7.29. The molecule has 2 heteroatoms. The minimum Gasteiger partial charge on any atom is -0.324 e. The van der Waals surface area contributed by atoms with Crippen LogP contribution >= 0.6 is 0 Å². The van der Waals surface area contributed by atoms with Crippen molar-refractivity contribution in [2.24, 2.45) is 11.5 Å². The molecule has 0 bridgehead atoms. The van der Waals surface area contributed by atoms with Crippen molar-refractivity contribution in [2.75, 3.05) is 0 Å². The Morgan fingerprint density at radius 3 is 2.19 bits per heavy atom. The minimum atomic E-state index is 0.137. The molecule has 0 unspecified atom stereocenters. The second kappa shape index (κ2) is 8.48. The minimum absolute atomic E-state index is 0.137. The summed E-state index contributed by atoms with van der Waals surface area (Å²) < 4.78 is 0. The Morgan fingerprint density at radius 1 is 0.769 bits per heavy atom. The van der Waals surface area contributed by atoms with Gasteiger partial charge in [0.25, 0.3) is 0 Å². The van der Waals surface area contributed by atoms with E-state index in [-0.39, 0.29) is 12.1 Å². The fraction of sp³-hybridized carbons (Fsp3) is 0.333. The first kappa shape index (κ1) is 18.6. The molecule has 26 heavy (non-hydrogen) atoms. The highest BCUT2D eigenvalue weighted by Crippen LogP contribution is 2.26. The molecule has 0 heterocycles. The average Bonchev–Trinajstić information content (AvgIpc) is 2.67. The van der Waals surface area contributed by atoms with E-state index in [4.69, 9.17) is 11.5 Å². The van der Waals surface area contributed by atoms with E-state index in [1.54, 1.807) is 0 Å². The van der Waals surface area contributed by atoms with Gasteiger partial charge < -0.3 is 11.5 Å². The molecule has 2 aliphatic rings. The van der Waals surface area contributed by atoms with Crippen molar-refractivity contribution in [2.45, 2.75) is 51.6 Å². The summed E-state index contributed by atoms with van der Waals surface area (Å²) in [6, 6.07) is 13.1. The van der Waals surface area contributed by atoms with Gasteiger partial charge in [-0.1, -0.05) is 60.7 Å². The Morgan fingerprint density at radius 2 is 1.42 bits per heavy atom. The van der Waals surface area contributed by atoms with Gasteiger partial charge in [0.1, 0.15) is 0 Å². The van der Waals surface area contributed by atoms with E-state index in [0.29, 0.717) is 0 Å². The van der Waals surface area contributed by atoms with Crippen LogP contribution in [0.25, 0.3) is 12.2 Å². The fourth-order valence-electron chi connectivity index (χ4n) is 3.82. The molecule has 0 saturated carbocycles. The Labute approximate surface area is 157 Å². The molecular weight excluding hydrogens is 316 g/mol. The smallest absolute Gasteiger partial charge is 0.0272 e. The highest BCUT2D eigenvalue weighted by molar-refractivity contribution is 5.61. The normalized spacial score (nSPS) is 16.8. The molecule has 0 fully saturated rings. The lowest BCUT2D eigenvalue weighted by molar-refractivity contribution is 0.791. The SMILES string of the molecule is C[C@@H](N)c1cccc2c1C=CCC2.C[C@@H](N)c1cccc2c1CCC=C2. The Bertz CT molecular complexity index is 813. The first-order valence-electron chi connectivity index (χ1n) is 9.65. The first-order valence-corrected chi connectivity index (χ1v) is 9.65. The van der Waals surface area contributed by atoms with Gasteiger partial charge in [-0.3, -0.25) is 0 Å². The number of allylic oxidation sites excluding steroid dienone is 2. The number of benzene rings is 2. The summed E-state index contributed by atoms with van der Waals surface area (Å²) in [4.78, 5) is 0. The summed E-state index contributed by atoms with van der Waals surface area (Å²) in [5.41, 5.74) is 20.0. The third kappa shape index (κ3) is 4.14. The second-order valence-electron chi connectivity index (χ2n) is 7.29. The van der Waals surface area contributed by atoms with Crippen molar-refractivity contribution in [3.05, 3.63) is 81.9 Å². The molecule has 2 nitrogen and oxygen atoms in total. The van der Waals surface area contributed by atoms with Crippen LogP contribution in [-0.4, -0.2) is 0 Å². The maximum Gasteiger partial charge on any atom is 0.0272 e. The number of aryl methyl sites for hydroxylation is 1. The van der Waals surface area contributed by atoms with E-state index in [2.05, 4.69) is 60.7 Å². The van der Waals surface area contributed by atoms with Crippen molar-refractivity contribution in [1.29, 1.82) is 0 Å². The summed E-state index contributed by atoms with van der Waals surface area (Å²) >= 11 is 0. The van der Waals surface area contributed by atoms with E-state index in [1.165, 1.54) is 33.4 Å². The van der Waals surface area contributed by atoms with E-state index in [9.17, 15) is 0 Å². The lowest BCUT2D eigenvalue weighted by Gasteiger charge is -2.17. The summed E-state index contributed by atoms with van der Waals surface area (Å²) in [6.45, 7) is 4.09. The van der Waals surface area contributed by atoms with Gasteiger partial charge in [0, 0.05) is 12.1 Å². The summed E-state index contributed by atoms with van der Waals surface area (Å²) in [5.74, 6) is 0. The van der Waals surface area contributed by atoms with E-state index in [1.807, 2.05) is 13.8 Å². The van der Waals surface area contributed by atoms with Gasteiger partial charge in [-0.05, 0) is 72.9 Å². The molecule has 0 aliphatic heterocycles. The lowest BCUT2D eigenvalue weighted by atomic mass is 9.90. The van der Waals surface area contributed by atoms with Crippen molar-refractivity contribution in [1.82, 2.24) is 0 Å². The summed E-state index contributed by atoms with van der Waals surface area (Å²) in [5, 5.41) is 0. The van der Waals surface area contributed by atoms with Crippen molar-refractivity contribution < 1.29 is 0 Å². The van der Waals surface area contributed by atoms with E-state index >= 15 is 0 Å². The largest absolute Gasteiger partial charge is 0.324 e. The maximum atomic E-state index is 5.91. The number of fused-ring (bicyclic) bond motifs is 2. The van der Waals surface area contributed by atoms with Crippen LogP contribution in [0.3, 0.4) is 0 Å². The monoisotopic (exact) mass is 346 g/mol.